The lowest BCUT2D eigenvalue weighted by Crippen LogP contribution is -2.29. The van der Waals surface area contributed by atoms with Gasteiger partial charge in [0.1, 0.15) is 11.6 Å². The fourth-order valence-electron chi connectivity index (χ4n) is 2.33. The highest BCUT2D eigenvalue weighted by atomic mass is 79.9. The van der Waals surface area contributed by atoms with Crippen molar-refractivity contribution >= 4 is 35.1 Å². The molecule has 0 saturated carbocycles. The van der Waals surface area contributed by atoms with Gasteiger partial charge in [-0.05, 0) is 38.2 Å². The summed E-state index contributed by atoms with van der Waals surface area (Å²) < 4.78 is 62.3. The quantitative estimate of drug-likeness (QED) is 0.299. The Morgan fingerprint density at radius 3 is 2.37 bits per heavy atom. The minimum absolute atomic E-state index is 0.0251. The highest BCUT2D eigenvalue weighted by Gasteiger charge is 2.31. The summed E-state index contributed by atoms with van der Waals surface area (Å²) in [6.45, 7) is 5.83. The van der Waals surface area contributed by atoms with Gasteiger partial charge in [0.2, 0.25) is 25.0 Å². The van der Waals surface area contributed by atoms with Crippen LogP contribution in [0.15, 0.2) is 22.6 Å². The first-order valence-electron chi connectivity index (χ1n) is 8.01. The maximum Gasteiger partial charge on any atom is 0.242 e. The Kier molecular flexibility index (Phi) is 7.06. The number of alkyl halides is 1. The number of furan rings is 1. The van der Waals surface area contributed by atoms with Gasteiger partial charge in [-0.2, -0.15) is 0 Å². The standard InChI is InChI=1S/C16H20BrF2NO5SSi/c1-27(2,3)25-16-13(21)14(9-6-10(18)8-11(19)7-9)24-15(16)12(17)4-5-20-26(22)23/h6-8,12,21,26H,4-5H2,1-3H3,(H,20,22,23). The van der Waals surface area contributed by atoms with Crippen molar-refractivity contribution in [3.8, 4) is 22.8 Å². The second-order valence-electron chi connectivity index (χ2n) is 6.77. The summed E-state index contributed by atoms with van der Waals surface area (Å²) in [6.07, 6.45) is 0.301. The van der Waals surface area contributed by atoms with Crippen LogP contribution in [0, 0.1) is 11.6 Å². The van der Waals surface area contributed by atoms with Gasteiger partial charge in [0.25, 0.3) is 0 Å². The molecule has 1 heterocycles. The Morgan fingerprint density at radius 1 is 1.26 bits per heavy atom. The third-order valence-electron chi connectivity index (χ3n) is 3.32. The minimum Gasteiger partial charge on any atom is -0.539 e. The summed E-state index contributed by atoms with van der Waals surface area (Å²) in [4.78, 5) is -0.496. The maximum absolute atomic E-state index is 13.6. The van der Waals surface area contributed by atoms with Crippen molar-refractivity contribution in [3.63, 3.8) is 0 Å². The van der Waals surface area contributed by atoms with Crippen LogP contribution >= 0.6 is 15.9 Å². The van der Waals surface area contributed by atoms with E-state index in [0.717, 1.165) is 12.1 Å². The van der Waals surface area contributed by atoms with Gasteiger partial charge in [0.15, 0.2) is 17.3 Å². The molecular formula is C16H20BrF2NO5SSi. The molecule has 6 nitrogen and oxygen atoms in total. The van der Waals surface area contributed by atoms with Gasteiger partial charge in [0.05, 0.1) is 4.83 Å². The first-order chi connectivity index (χ1) is 12.5. The molecule has 0 fully saturated rings. The lowest BCUT2D eigenvalue weighted by molar-refractivity contribution is 0.438. The molecule has 0 radical (unpaired) electrons. The maximum atomic E-state index is 13.6. The molecule has 0 aliphatic heterocycles. The van der Waals surface area contributed by atoms with Gasteiger partial charge in [-0.25, -0.2) is 21.9 Å². The molecule has 0 aliphatic rings. The van der Waals surface area contributed by atoms with E-state index < -0.39 is 35.7 Å². The Labute approximate surface area is 166 Å². The lowest BCUT2D eigenvalue weighted by Gasteiger charge is -2.20. The van der Waals surface area contributed by atoms with Crippen molar-refractivity contribution in [1.82, 2.24) is 4.72 Å². The second kappa shape index (κ2) is 8.72. The van der Waals surface area contributed by atoms with Crippen LogP contribution in [-0.4, -0.2) is 28.4 Å². The molecule has 11 heteroatoms. The van der Waals surface area contributed by atoms with E-state index in [0.29, 0.717) is 12.5 Å². The zero-order valence-electron chi connectivity index (χ0n) is 14.9. The first-order valence-corrected chi connectivity index (χ1v) is 13.5. The largest absolute Gasteiger partial charge is 0.539 e. The molecule has 0 amide bonds. The predicted octanol–water partition coefficient (Wildman–Crippen LogP) is 4.09. The van der Waals surface area contributed by atoms with Crippen molar-refractivity contribution in [2.75, 3.05) is 6.54 Å². The first kappa shape index (κ1) is 21.9. The molecule has 0 spiro atoms. The Hall–Kier alpha value is -1.43. The molecule has 1 unspecified atom stereocenters. The van der Waals surface area contributed by atoms with Crippen LogP contribution in [0.25, 0.3) is 11.3 Å². The predicted molar refractivity (Wildman–Crippen MR) is 104 cm³/mol. The number of halogens is 3. The summed E-state index contributed by atoms with van der Waals surface area (Å²) in [6, 6.07) is 2.79. The number of rotatable bonds is 8. The van der Waals surface area contributed by atoms with E-state index in [1.165, 1.54) is 0 Å². The fraction of sp³-hybridized carbons (Fsp3) is 0.375. The zero-order valence-corrected chi connectivity index (χ0v) is 18.4. The van der Waals surface area contributed by atoms with Crippen molar-refractivity contribution < 1.29 is 31.1 Å². The number of thiol groups is 1. The molecule has 150 valence electrons. The summed E-state index contributed by atoms with van der Waals surface area (Å²) in [5, 5.41) is 10.6. The normalized spacial score (nSPS) is 13.1. The molecule has 0 saturated heterocycles. The average Bonchev–Trinajstić information content (AvgIpc) is 2.81. The van der Waals surface area contributed by atoms with Gasteiger partial charge in [-0.15, -0.1) is 0 Å². The van der Waals surface area contributed by atoms with E-state index in [-0.39, 0.29) is 35.1 Å². The molecule has 2 aromatic rings. The molecule has 27 heavy (non-hydrogen) atoms. The van der Waals surface area contributed by atoms with Crippen molar-refractivity contribution in [3.05, 3.63) is 35.6 Å². The van der Waals surface area contributed by atoms with E-state index in [9.17, 15) is 22.3 Å². The summed E-state index contributed by atoms with van der Waals surface area (Å²) in [7, 11) is -4.90. The van der Waals surface area contributed by atoms with Crippen molar-refractivity contribution in [2.45, 2.75) is 30.9 Å². The molecular weight excluding hydrogens is 464 g/mol. The summed E-state index contributed by atoms with van der Waals surface area (Å²) >= 11 is 3.39. The molecule has 1 atom stereocenters. The van der Waals surface area contributed by atoms with Crippen LogP contribution < -0.4 is 9.15 Å². The van der Waals surface area contributed by atoms with Crippen molar-refractivity contribution in [2.24, 2.45) is 0 Å². The van der Waals surface area contributed by atoms with Crippen LogP contribution in [0.1, 0.15) is 17.0 Å². The topological polar surface area (TPSA) is 88.8 Å². The SMILES string of the molecule is C[Si](C)(C)Oc1c(C(Br)CCN[SH](=O)=O)oc(-c2cc(F)cc(F)c2)c1O. The van der Waals surface area contributed by atoms with Crippen LogP contribution in [0.3, 0.4) is 0 Å². The number of benzene rings is 1. The smallest absolute Gasteiger partial charge is 0.242 e. The summed E-state index contributed by atoms with van der Waals surface area (Å²) in [5.41, 5.74) is 0.0251. The second-order valence-corrected chi connectivity index (χ2v) is 13.1. The van der Waals surface area contributed by atoms with E-state index in [1.807, 2.05) is 19.6 Å². The third-order valence-corrected chi connectivity index (χ3v) is 5.49. The van der Waals surface area contributed by atoms with Gasteiger partial charge < -0.3 is 13.9 Å². The molecule has 1 aromatic carbocycles. The van der Waals surface area contributed by atoms with Crippen molar-refractivity contribution in [1.29, 1.82) is 0 Å². The number of nitrogens with one attached hydrogen (secondary N) is 1. The third kappa shape index (κ3) is 6.03. The molecule has 1 aromatic heterocycles. The number of aromatic hydroxyl groups is 1. The van der Waals surface area contributed by atoms with Gasteiger partial charge in [-0.1, -0.05) is 15.9 Å². The Bertz CT molecular complexity index is 869. The molecule has 2 rings (SSSR count). The van der Waals surface area contributed by atoms with E-state index in [4.69, 9.17) is 8.84 Å². The van der Waals surface area contributed by atoms with Crippen LogP contribution in [-0.2, 0) is 10.9 Å². The monoisotopic (exact) mass is 483 g/mol. The Morgan fingerprint density at radius 2 is 1.85 bits per heavy atom. The average molecular weight is 484 g/mol. The minimum atomic E-state index is -2.73. The molecule has 2 N–H and O–H groups in total. The fourth-order valence-corrected chi connectivity index (χ4v) is 3.98. The van der Waals surface area contributed by atoms with Crippen LogP contribution in [0.2, 0.25) is 19.6 Å². The molecule has 0 bridgehead atoms. The van der Waals surface area contributed by atoms with Gasteiger partial charge in [0, 0.05) is 18.2 Å². The number of hydrogen-bond donors (Lipinski definition) is 3. The van der Waals surface area contributed by atoms with Crippen LogP contribution in [0.4, 0.5) is 8.78 Å². The lowest BCUT2D eigenvalue weighted by atomic mass is 10.1. The zero-order chi connectivity index (χ0) is 20.4. The Balaban J connectivity index is 2.47. The van der Waals surface area contributed by atoms with E-state index in [1.54, 1.807) is 0 Å². The highest BCUT2D eigenvalue weighted by Crippen LogP contribution is 2.48. The highest BCUT2D eigenvalue weighted by molar-refractivity contribution is 9.09. The van der Waals surface area contributed by atoms with Crippen LogP contribution in [0.5, 0.6) is 11.5 Å². The van der Waals surface area contributed by atoms with Gasteiger partial charge >= 0.3 is 0 Å². The van der Waals surface area contributed by atoms with E-state index in [2.05, 4.69) is 20.7 Å². The van der Waals surface area contributed by atoms with E-state index >= 15 is 0 Å². The summed E-state index contributed by atoms with van der Waals surface area (Å²) in [5.74, 6) is -1.80. The van der Waals surface area contributed by atoms with Gasteiger partial charge in [-0.3, -0.25) is 0 Å². The molecule has 0 aliphatic carbocycles. The number of hydrogen-bond acceptors (Lipinski definition) is 5.